The fourth-order valence-corrected chi connectivity index (χ4v) is 1.83. The number of imidazole rings is 1. The second kappa shape index (κ2) is 4.89. The number of rotatable bonds is 6. The largest absolute Gasteiger partial charge is 0.481 e. The molecule has 1 rings (SSSR count). The Morgan fingerprint density at radius 1 is 1.60 bits per heavy atom. The van der Waals surface area contributed by atoms with E-state index in [1.807, 2.05) is 0 Å². The van der Waals surface area contributed by atoms with Crippen LogP contribution in [0.3, 0.4) is 0 Å². The van der Waals surface area contributed by atoms with Gasteiger partial charge in [-0.3, -0.25) is 4.79 Å². The lowest BCUT2D eigenvalue weighted by molar-refractivity contribution is -0.136. The first-order chi connectivity index (χ1) is 6.99. The Morgan fingerprint density at radius 3 is 2.87 bits per heavy atom. The predicted molar refractivity (Wildman–Crippen MR) is 51.5 cm³/mol. The third-order valence-corrected chi connectivity index (χ3v) is 2.95. The maximum absolute atomic E-state index is 11.2. The number of carboxylic acids is 1. The van der Waals surface area contributed by atoms with Gasteiger partial charge in [0.2, 0.25) is 10.0 Å². The van der Waals surface area contributed by atoms with Gasteiger partial charge in [0.05, 0.1) is 25.0 Å². The number of carbonyl (C=O) groups is 1. The molecule has 0 amide bonds. The van der Waals surface area contributed by atoms with Gasteiger partial charge >= 0.3 is 5.97 Å². The average molecular weight is 233 g/mol. The molecule has 0 spiro atoms. The van der Waals surface area contributed by atoms with Gasteiger partial charge in [0.25, 0.3) is 0 Å². The molecule has 0 aliphatic rings. The van der Waals surface area contributed by atoms with E-state index in [2.05, 4.69) is 14.7 Å². The number of aromatic nitrogens is 2. The average Bonchev–Trinajstić information content (AvgIpc) is 2.65. The van der Waals surface area contributed by atoms with Crippen LogP contribution >= 0.6 is 0 Å². The van der Waals surface area contributed by atoms with Gasteiger partial charge < -0.3 is 10.1 Å². The third-order valence-electron chi connectivity index (χ3n) is 1.62. The molecule has 1 aromatic heterocycles. The van der Waals surface area contributed by atoms with Crippen LogP contribution in [0, 0.1) is 0 Å². The van der Waals surface area contributed by atoms with Gasteiger partial charge in [-0.15, -0.1) is 0 Å². The van der Waals surface area contributed by atoms with Crippen molar-refractivity contribution < 1.29 is 18.3 Å². The standard InChI is InChI=1S/C7H11N3O4S/c11-7(12)1-2-15(13,14)10-4-6-3-8-5-9-6/h3,5,10H,1-2,4H2,(H,8,9)(H,11,12). The minimum Gasteiger partial charge on any atom is -0.481 e. The van der Waals surface area contributed by atoms with E-state index in [0.29, 0.717) is 5.69 Å². The SMILES string of the molecule is O=C(O)CCS(=O)(=O)NCc1cnc[nH]1. The zero-order valence-corrected chi connectivity index (χ0v) is 8.62. The fraction of sp³-hybridized carbons (Fsp3) is 0.429. The molecular weight excluding hydrogens is 222 g/mol. The Labute approximate surface area is 86.6 Å². The molecule has 0 fully saturated rings. The van der Waals surface area contributed by atoms with E-state index in [4.69, 9.17) is 5.11 Å². The molecule has 0 radical (unpaired) electrons. The molecule has 84 valence electrons. The third kappa shape index (κ3) is 4.56. The van der Waals surface area contributed by atoms with Crippen LogP contribution in [0.15, 0.2) is 12.5 Å². The highest BCUT2D eigenvalue weighted by Crippen LogP contribution is 1.94. The minimum absolute atomic E-state index is 0.0853. The summed E-state index contributed by atoms with van der Waals surface area (Å²) in [5, 5.41) is 8.32. The quantitative estimate of drug-likeness (QED) is 0.601. The van der Waals surface area contributed by atoms with Crippen molar-refractivity contribution in [2.75, 3.05) is 5.75 Å². The Hall–Kier alpha value is -1.41. The molecule has 0 saturated carbocycles. The molecule has 7 nitrogen and oxygen atoms in total. The molecule has 0 saturated heterocycles. The number of H-pyrrole nitrogens is 1. The second-order valence-electron chi connectivity index (χ2n) is 2.86. The summed E-state index contributed by atoms with van der Waals surface area (Å²) in [6.07, 6.45) is 2.51. The maximum Gasteiger partial charge on any atom is 0.304 e. The molecule has 0 aromatic carbocycles. The Bertz CT molecular complexity index is 411. The lowest BCUT2D eigenvalue weighted by atomic mass is 10.5. The molecule has 3 N–H and O–H groups in total. The molecule has 0 aliphatic heterocycles. The van der Waals surface area contributed by atoms with Crippen molar-refractivity contribution in [1.82, 2.24) is 14.7 Å². The van der Waals surface area contributed by atoms with Crippen LogP contribution in [-0.4, -0.2) is 35.2 Å². The van der Waals surface area contributed by atoms with Crippen LogP contribution in [0.2, 0.25) is 0 Å². The first kappa shape index (κ1) is 11.7. The number of hydrogen-bond donors (Lipinski definition) is 3. The van der Waals surface area contributed by atoms with Gasteiger partial charge in [-0.05, 0) is 0 Å². The van der Waals surface area contributed by atoms with Crippen molar-refractivity contribution in [3.8, 4) is 0 Å². The number of nitrogens with one attached hydrogen (secondary N) is 2. The Balaban J connectivity index is 2.40. The minimum atomic E-state index is -3.53. The number of aromatic amines is 1. The zero-order chi connectivity index (χ0) is 11.3. The van der Waals surface area contributed by atoms with Crippen molar-refractivity contribution in [1.29, 1.82) is 0 Å². The molecule has 1 aromatic rings. The molecule has 8 heteroatoms. The number of nitrogens with zero attached hydrogens (tertiary/aromatic N) is 1. The Kier molecular flexibility index (Phi) is 3.81. The van der Waals surface area contributed by atoms with Crippen LogP contribution in [0.1, 0.15) is 12.1 Å². The van der Waals surface area contributed by atoms with E-state index >= 15 is 0 Å². The van der Waals surface area contributed by atoms with Crippen LogP contribution in [0.25, 0.3) is 0 Å². The summed E-state index contributed by atoms with van der Waals surface area (Å²) in [6, 6.07) is 0. The van der Waals surface area contributed by atoms with Gasteiger partial charge in [-0.1, -0.05) is 0 Å². The topological polar surface area (TPSA) is 112 Å². The van der Waals surface area contributed by atoms with Crippen molar-refractivity contribution >= 4 is 16.0 Å². The summed E-state index contributed by atoms with van der Waals surface area (Å²) < 4.78 is 24.7. The summed E-state index contributed by atoms with van der Waals surface area (Å²) in [6.45, 7) is 0.0853. The second-order valence-corrected chi connectivity index (χ2v) is 4.79. The van der Waals surface area contributed by atoms with Crippen molar-refractivity contribution in [3.05, 3.63) is 18.2 Å². The number of hydrogen-bond acceptors (Lipinski definition) is 4. The van der Waals surface area contributed by atoms with E-state index in [1.165, 1.54) is 12.5 Å². The normalized spacial score (nSPS) is 11.5. The maximum atomic E-state index is 11.2. The summed E-state index contributed by atoms with van der Waals surface area (Å²) in [7, 11) is -3.53. The van der Waals surface area contributed by atoms with Crippen molar-refractivity contribution in [3.63, 3.8) is 0 Å². The van der Waals surface area contributed by atoms with Crippen molar-refractivity contribution in [2.24, 2.45) is 0 Å². The van der Waals surface area contributed by atoms with E-state index in [0.717, 1.165) is 0 Å². The summed E-state index contributed by atoms with van der Waals surface area (Å²) in [5.74, 6) is -1.56. The van der Waals surface area contributed by atoms with Crippen LogP contribution in [0.5, 0.6) is 0 Å². The number of carboxylic acid groups (broad SMARTS) is 1. The first-order valence-electron chi connectivity index (χ1n) is 4.16. The highest BCUT2D eigenvalue weighted by molar-refractivity contribution is 7.89. The van der Waals surface area contributed by atoms with Gasteiger partial charge in [0, 0.05) is 11.9 Å². The zero-order valence-electron chi connectivity index (χ0n) is 7.80. The monoisotopic (exact) mass is 233 g/mol. The number of sulfonamides is 1. The lowest BCUT2D eigenvalue weighted by Crippen LogP contribution is -2.27. The summed E-state index contributed by atoms with van der Waals surface area (Å²) >= 11 is 0. The molecule has 1 heterocycles. The fourth-order valence-electron chi connectivity index (χ4n) is 0.863. The lowest BCUT2D eigenvalue weighted by Gasteiger charge is -2.03. The van der Waals surface area contributed by atoms with Crippen molar-refractivity contribution in [2.45, 2.75) is 13.0 Å². The molecule has 0 bridgehead atoms. The highest BCUT2D eigenvalue weighted by Gasteiger charge is 2.12. The van der Waals surface area contributed by atoms with Gasteiger partial charge in [0.15, 0.2) is 0 Å². The molecule has 15 heavy (non-hydrogen) atoms. The number of aliphatic carboxylic acids is 1. The summed E-state index contributed by atoms with van der Waals surface area (Å²) in [4.78, 5) is 16.6. The molecule has 0 unspecified atom stereocenters. The van der Waals surface area contributed by atoms with Crippen LogP contribution in [0.4, 0.5) is 0 Å². The van der Waals surface area contributed by atoms with E-state index in [1.54, 1.807) is 0 Å². The van der Waals surface area contributed by atoms with E-state index in [-0.39, 0.29) is 6.54 Å². The van der Waals surface area contributed by atoms with Crippen LogP contribution < -0.4 is 4.72 Å². The smallest absolute Gasteiger partial charge is 0.304 e. The summed E-state index contributed by atoms with van der Waals surface area (Å²) in [5.41, 5.74) is 0.619. The van der Waals surface area contributed by atoms with Gasteiger partial charge in [0.1, 0.15) is 0 Å². The molecule has 0 atom stereocenters. The van der Waals surface area contributed by atoms with E-state index < -0.39 is 28.2 Å². The predicted octanol–water partition coefficient (Wildman–Crippen LogP) is -0.696. The first-order valence-corrected chi connectivity index (χ1v) is 5.81. The molecular formula is C7H11N3O4S. The molecule has 0 aliphatic carbocycles. The van der Waals surface area contributed by atoms with Gasteiger partial charge in [-0.2, -0.15) is 0 Å². The van der Waals surface area contributed by atoms with Crippen LogP contribution in [-0.2, 0) is 21.4 Å². The Morgan fingerprint density at radius 2 is 2.33 bits per heavy atom. The highest BCUT2D eigenvalue weighted by atomic mass is 32.2. The van der Waals surface area contributed by atoms with E-state index in [9.17, 15) is 13.2 Å². The van der Waals surface area contributed by atoms with Gasteiger partial charge in [-0.25, -0.2) is 18.1 Å².